The van der Waals surface area contributed by atoms with Crippen molar-refractivity contribution in [1.82, 2.24) is 19.5 Å². The molecule has 0 aliphatic rings. The second-order valence-electron chi connectivity index (χ2n) is 4.82. The van der Waals surface area contributed by atoms with Crippen LogP contribution in [0.2, 0.25) is 0 Å². The molecule has 22 heavy (non-hydrogen) atoms. The number of nitrogens with one attached hydrogen (secondary N) is 1. The monoisotopic (exact) mass is 316 g/mol. The van der Waals surface area contributed by atoms with Crippen molar-refractivity contribution in [3.05, 3.63) is 54.5 Å². The minimum absolute atomic E-state index is 0.151. The lowest BCUT2D eigenvalue weighted by molar-refractivity contribution is 0.579. The molecular weight excluding hydrogens is 300 g/mol. The molecule has 0 saturated heterocycles. The summed E-state index contributed by atoms with van der Waals surface area (Å²) in [5.74, 6) is 0. The molecule has 0 aliphatic carbocycles. The van der Waals surface area contributed by atoms with Crippen LogP contribution in [-0.2, 0) is 23.1 Å². The van der Waals surface area contributed by atoms with E-state index in [2.05, 4.69) is 14.8 Å². The van der Waals surface area contributed by atoms with Crippen molar-refractivity contribution in [3.8, 4) is 0 Å². The Morgan fingerprint density at radius 3 is 2.77 bits per heavy atom. The fraction of sp³-hybridized carbons (Fsp3) is 0.200. The second kappa shape index (κ2) is 5.86. The van der Waals surface area contributed by atoms with Crippen LogP contribution in [0.3, 0.4) is 0 Å². The highest BCUT2D eigenvalue weighted by Crippen LogP contribution is 2.20. The highest BCUT2D eigenvalue weighted by Gasteiger charge is 2.18. The SMILES string of the molecule is CCn1ccc(CNS(=O)(=O)c2cccc3cccnc23)n1. The van der Waals surface area contributed by atoms with Crippen LogP contribution in [-0.4, -0.2) is 23.2 Å². The van der Waals surface area contributed by atoms with Gasteiger partial charge in [0.1, 0.15) is 4.90 Å². The van der Waals surface area contributed by atoms with Crippen LogP contribution in [0.1, 0.15) is 12.6 Å². The van der Waals surface area contributed by atoms with E-state index in [-0.39, 0.29) is 11.4 Å². The summed E-state index contributed by atoms with van der Waals surface area (Å²) in [4.78, 5) is 4.36. The van der Waals surface area contributed by atoms with E-state index in [4.69, 9.17) is 0 Å². The molecule has 0 unspecified atom stereocenters. The van der Waals surface area contributed by atoms with Crippen molar-refractivity contribution >= 4 is 20.9 Å². The van der Waals surface area contributed by atoms with Crippen molar-refractivity contribution in [1.29, 1.82) is 0 Å². The first-order valence-electron chi connectivity index (χ1n) is 6.96. The molecule has 0 aliphatic heterocycles. The molecule has 3 aromatic rings. The molecule has 7 heteroatoms. The first-order chi connectivity index (χ1) is 10.6. The zero-order valence-electron chi connectivity index (χ0n) is 12.1. The smallest absolute Gasteiger partial charge is 0.243 e. The van der Waals surface area contributed by atoms with Gasteiger partial charge in [0.25, 0.3) is 0 Å². The summed E-state index contributed by atoms with van der Waals surface area (Å²) in [6, 6.07) is 10.5. The lowest BCUT2D eigenvalue weighted by atomic mass is 10.2. The third kappa shape index (κ3) is 2.86. The van der Waals surface area contributed by atoms with E-state index in [1.54, 1.807) is 35.1 Å². The van der Waals surface area contributed by atoms with Gasteiger partial charge >= 0.3 is 0 Å². The molecule has 0 radical (unpaired) electrons. The molecule has 0 fully saturated rings. The van der Waals surface area contributed by atoms with Crippen LogP contribution in [0.5, 0.6) is 0 Å². The minimum atomic E-state index is -3.64. The number of rotatable bonds is 5. The van der Waals surface area contributed by atoms with E-state index in [1.807, 2.05) is 25.3 Å². The van der Waals surface area contributed by atoms with Crippen molar-refractivity contribution in [2.75, 3.05) is 0 Å². The number of para-hydroxylation sites is 1. The van der Waals surface area contributed by atoms with Crippen molar-refractivity contribution in [2.45, 2.75) is 24.9 Å². The Morgan fingerprint density at radius 1 is 1.18 bits per heavy atom. The molecule has 0 atom stereocenters. The Kier molecular flexibility index (Phi) is 3.91. The van der Waals surface area contributed by atoms with E-state index in [9.17, 15) is 8.42 Å². The number of aryl methyl sites for hydroxylation is 1. The maximum absolute atomic E-state index is 12.5. The van der Waals surface area contributed by atoms with Gasteiger partial charge in [-0.3, -0.25) is 9.67 Å². The minimum Gasteiger partial charge on any atom is -0.273 e. The average Bonchev–Trinajstić information content (AvgIpc) is 3.00. The average molecular weight is 316 g/mol. The van der Waals surface area contributed by atoms with E-state index in [0.717, 1.165) is 11.9 Å². The van der Waals surface area contributed by atoms with Crippen LogP contribution in [0.25, 0.3) is 10.9 Å². The topological polar surface area (TPSA) is 76.9 Å². The van der Waals surface area contributed by atoms with Gasteiger partial charge in [-0.05, 0) is 25.1 Å². The Hall–Kier alpha value is -2.25. The van der Waals surface area contributed by atoms with Crippen LogP contribution >= 0.6 is 0 Å². The van der Waals surface area contributed by atoms with Gasteiger partial charge in [-0.25, -0.2) is 13.1 Å². The number of sulfonamides is 1. The maximum atomic E-state index is 12.5. The second-order valence-corrected chi connectivity index (χ2v) is 6.55. The van der Waals surface area contributed by atoms with Crippen molar-refractivity contribution in [2.24, 2.45) is 0 Å². The summed E-state index contributed by atoms with van der Waals surface area (Å²) < 4.78 is 29.4. The molecule has 1 aromatic carbocycles. The zero-order valence-corrected chi connectivity index (χ0v) is 12.9. The van der Waals surface area contributed by atoms with Gasteiger partial charge in [0, 0.05) is 24.3 Å². The zero-order chi connectivity index (χ0) is 15.6. The first kappa shape index (κ1) is 14.7. The Balaban J connectivity index is 1.88. The Labute approximate surface area is 128 Å². The highest BCUT2D eigenvalue weighted by atomic mass is 32.2. The molecule has 1 N–H and O–H groups in total. The maximum Gasteiger partial charge on any atom is 0.243 e. The Bertz CT molecular complexity index is 897. The molecule has 3 rings (SSSR count). The standard InChI is InChI=1S/C15H16N4O2S/c1-2-19-10-8-13(18-19)11-17-22(20,21)14-7-3-5-12-6-4-9-16-15(12)14/h3-10,17H,2,11H2,1H3. The van der Waals surface area contributed by atoms with Crippen LogP contribution in [0, 0.1) is 0 Å². The third-order valence-electron chi connectivity index (χ3n) is 3.35. The lowest BCUT2D eigenvalue weighted by Crippen LogP contribution is -2.24. The van der Waals surface area contributed by atoms with Crippen molar-refractivity contribution < 1.29 is 8.42 Å². The molecule has 0 spiro atoms. The van der Waals surface area contributed by atoms with E-state index < -0.39 is 10.0 Å². The quantitative estimate of drug-likeness (QED) is 0.780. The van der Waals surface area contributed by atoms with E-state index in [1.165, 1.54) is 0 Å². The highest BCUT2D eigenvalue weighted by molar-refractivity contribution is 7.89. The van der Waals surface area contributed by atoms with Gasteiger partial charge in [-0.15, -0.1) is 0 Å². The van der Waals surface area contributed by atoms with Gasteiger partial charge in [0.05, 0.1) is 17.8 Å². The molecule has 0 bridgehead atoms. The fourth-order valence-electron chi connectivity index (χ4n) is 2.21. The summed E-state index contributed by atoms with van der Waals surface area (Å²) in [7, 11) is -3.64. The largest absolute Gasteiger partial charge is 0.273 e. The van der Waals surface area contributed by atoms with Crippen LogP contribution in [0.15, 0.2) is 53.7 Å². The molecule has 6 nitrogen and oxygen atoms in total. The lowest BCUT2D eigenvalue weighted by Gasteiger charge is -2.08. The molecule has 0 amide bonds. The first-order valence-corrected chi connectivity index (χ1v) is 8.44. The van der Waals surface area contributed by atoms with Crippen LogP contribution in [0.4, 0.5) is 0 Å². The van der Waals surface area contributed by atoms with Crippen LogP contribution < -0.4 is 4.72 Å². The van der Waals surface area contributed by atoms with E-state index in [0.29, 0.717) is 11.2 Å². The number of pyridine rings is 1. The molecule has 0 saturated carbocycles. The molecule has 2 aromatic heterocycles. The number of benzene rings is 1. The number of hydrogen-bond donors (Lipinski definition) is 1. The summed E-state index contributed by atoms with van der Waals surface area (Å²) >= 11 is 0. The third-order valence-corrected chi connectivity index (χ3v) is 4.78. The van der Waals surface area contributed by atoms with Gasteiger partial charge in [0.2, 0.25) is 10.0 Å². The fourth-order valence-corrected chi connectivity index (χ4v) is 3.39. The van der Waals surface area contributed by atoms with Gasteiger partial charge in [-0.2, -0.15) is 5.10 Å². The molecule has 114 valence electrons. The van der Waals surface area contributed by atoms with Gasteiger partial charge < -0.3 is 0 Å². The summed E-state index contributed by atoms with van der Waals surface area (Å²) in [5, 5.41) is 5.05. The summed E-state index contributed by atoms with van der Waals surface area (Å²) in [6.45, 7) is 2.88. The van der Waals surface area contributed by atoms with Gasteiger partial charge in [0.15, 0.2) is 0 Å². The number of hydrogen-bond acceptors (Lipinski definition) is 4. The van der Waals surface area contributed by atoms with Gasteiger partial charge in [-0.1, -0.05) is 18.2 Å². The number of fused-ring (bicyclic) bond motifs is 1. The molecular formula is C15H16N4O2S. The number of aromatic nitrogens is 3. The predicted molar refractivity (Wildman–Crippen MR) is 83.7 cm³/mol. The summed E-state index contributed by atoms with van der Waals surface area (Å²) in [6.07, 6.45) is 3.41. The normalized spacial score (nSPS) is 11.9. The number of nitrogens with zero attached hydrogens (tertiary/aromatic N) is 3. The predicted octanol–water partition coefficient (Wildman–Crippen LogP) is 1.93. The Morgan fingerprint density at radius 2 is 2.00 bits per heavy atom. The molecule has 2 heterocycles. The van der Waals surface area contributed by atoms with Crippen molar-refractivity contribution in [3.63, 3.8) is 0 Å². The van der Waals surface area contributed by atoms with E-state index >= 15 is 0 Å². The summed E-state index contributed by atoms with van der Waals surface area (Å²) in [5.41, 5.74) is 1.15.